The fourth-order valence-electron chi connectivity index (χ4n) is 1.60. The van der Waals surface area contributed by atoms with E-state index in [1.165, 1.54) is 21.0 Å². The summed E-state index contributed by atoms with van der Waals surface area (Å²) in [5.41, 5.74) is 0. The van der Waals surface area contributed by atoms with Gasteiger partial charge in [-0.2, -0.15) is 0 Å². The van der Waals surface area contributed by atoms with Crippen LogP contribution in [0.3, 0.4) is 0 Å². The third kappa shape index (κ3) is 3.79. The van der Waals surface area contributed by atoms with Crippen LogP contribution in [0.5, 0.6) is 0 Å². The van der Waals surface area contributed by atoms with E-state index in [0.717, 1.165) is 0 Å². The Labute approximate surface area is 93.8 Å². The molecule has 0 aromatic heterocycles. The van der Waals surface area contributed by atoms with Crippen molar-refractivity contribution in [1.29, 1.82) is 0 Å². The number of methoxy groups -OCH3 is 1. The smallest absolute Gasteiger partial charge is 0.303 e. The molecule has 0 amide bonds. The Bertz CT molecular complexity index is 264. The molecule has 1 heterocycles. The SMILES string of the molecule is COC1OCC(OC(C)=O)CC1OC(C)=O. The highest BCUT2D eigenvalue weighted by Gasteiger charge is 2.35. The lowest BCUT2D eigenvalue weighted by atomic mass is 10.1. The van der Waals surface area contributed by atoms with Gasteiger partial charge in [0.1, 0.15) is 6.10 Å². The molecule has 1 aliphatic rings. The standard InChI is InChI=1S/C10H16O6/c1-6(11)15-8-4-9(16-7(2)12)10(13-3)14-5-8/h8-10H,4-5H2,1-3H3. The Morgan fingerprint density at radius 2 is 1.81 bits per heavy atom. The summed E-state index contributed by atoms with van der Waals surface area (Å²) in [5.74, 6) is -0.801. The van der Waals surface area contributed by atoms with Gasteiger partial charge < -0.3 is 18.9 Å². The van der Waals surface area contributed by atoms with Crippen molar-refractivity contribution in [2.75, 3.05) is 13.7 Å². The van der Waals surface area contributed by atoms with Gasteiger partial charge in [0.2, 0.25) is 0 Å². The molecular weight excluding hydrogens is 216 g/mol. The van der Waals surface area contributed by atoms with Crippen molar-refractivity contribution in [1.82, 2.24) is 0 Å². The lowest BCUT2D eigenvalue weighted by molar-refractivity contribution is -0.238. The molecule has 3 atom stereocenters. The van der Waals surface area contributed by atoms with Crippen molar-refractivity contribution >= 4 is 11.9 Å². The summed E-state index contributed by atoms with van der Waals surface area (Å²) in [6.45, 7) is 2.88. The second-order valence-corrected chi connectivity index (χ2v) is 3.55. The third-order valence-corrected chi connectivity index (χ3v) is 2.13. The second kappa shape index (κ2) is 5.81. The molecule has 92 valence electrons. The number of carbonyl (C=O) groups excluding carboxylic acids is 2. The van der Waals surface area contributed by atoms with Crippen LogP contribution in [0.15, 0.2) is 0 Å². The van der Waals surface area contributed by atoms with Crippen LogP contribution < -0.4 is 0 Å². The van der Waals surface area contributed by atoms with E-state index in [1.807, 2.05) is 0 Å². The number of carbonyl (C=O) groups is 2. The van der Waals surface area contributed by atoms with Gasteiger partial charge in [-0.3, -0.25) is 9.59 Å². The summed E-state index contributed by atoms with van der Waals surface area (Å²) in [5, 5.41) is 0. The number of rotatable bonds is 3. The quantitative estimate of drug-likeness (QED) is 0.649. The molecule has 0 aliphatic carbocycles. The molecule has 3 unspecified atom stereocenters. The maximum Gasteiger partial charge on any atom is 0.303 e. The minimum atomic E-state index is -0.601. The molecule has 6 nitrogen and oxygen atoms in total. The van der Waals surface area contributed by atoms with Crippen LogP contribution in [0, 0.1) is 0 Å². The molecule has 0 aromatic carbocycles. The molecule has 0 bridgehead atoms. The summed E-state index contributed by atoms with van der Waals surface area (Å²) >= 11 is 0. The fourth-order valence-corrected chi connectivity index (χ4v) is 1.60. The Kier molecular flexibility index (Phi) is 4.70. The normalized spacial score (nSPS) is 29.6. The topological polar surface area (TPSA) is 71.1 Å². The van der Waals surface area contributed by atoms with Gasteiger partial charge in [-0.15, -0.1) is 0 Å². The first-order valence-electron chi connectivity index (χ1n) is 5.01. The van der Waals surface area contributed by atoms with Crippen LogP contribution in [0.2, 0.25) is 0 Å². The maximum absolute atomic E-state index is 10.9. The van der Waals surface area contributed by atoms with Gasteiger partial charge in [-0.1, -0.05) is 0 Å². The molecule has 1 rings (SSSR count). The van der Waals surface area contributed by atoms with E-state index >= 15 is 0 Å². The first-order valence-corrected chi connectivity index (χ1v) is 5.01. The van der Waals surface area contributed by atoms with Gasteiger partial charge in [0.15, 0.2) is 12.4 Å². The summed E-state index contributed by atoms with van der Waals surface area (Å²) in [6, 6.07) is 0. The molecule has 0 aromatic rings. The largest absolute Gasteiger partial charge is 0.460 e. The number of esters is 2. The fraction of sp³-hybridized carbons (Fsp3) is 0.800. The zero-order valence-electron chi connectivity index (χ0n) is 9.60. The molecule has 0 N–H and O–H groups in total. The Hall–Kier alpha value is -1.14. The van der Waals surface area contributed by atoms with Crippen LogP contribution in [-0.2, 0) is 28.5 Å². The predicted molar refractivity (Wildman–Crippen MR) is 52.5 cm³/mol. The highest BCUT2D eigenvalue weighted by atomic mass is 16.7. The monoisotopic (exact) mass is 232 g/mol. The molecule has 1 saturated heterocycles. The van der Waals surface area contributed by atoms with Crippen molar-refractivity contribution in [2.45, 2.75) is 38.8 Å². The lowest BCUT2D eigenvalue weighted by Gasteiger charge is -2.33. The van der Waals surface area contributed by atoms with Gasteiger partial charge in [0.25, 0.3) is 0 Å². The van der Waals surface area contributed by atoms with E-state index in [9.17, 15) is 9.59 Å². The first kappa shape index (κ1) is 12.9. The lowest BCUT2D eigenvalue weighted by Crippen LogP contribution is -2.45. The highest BCUT2D eigenvalue weighted by Crippen LogP contribution is 2.20. The first-order chi connectivity index (χ1) is 7.52. The van der Waals surface area contributed by atoms with Crippen LogP contribution in [-0.4, -0.2) is 44.2 Å². The van der Waals surface area contributed by atoms with Crippen molar-refractivity contribution in [3.05, 3.63) is 0 Å². The highest BCUT2D eigenvalue weighted by molar-refractivity contribution is 5.66. The number of hydrogen-bond donors (Lipinski definition) is 0. The van der Waals surface area contributed by atoms with Gasteiger partial charge in [-0.25, -0.2) is 0 Å². The average Bonchev–Trinajstić information content (AvgIpc) is 2.16. The predicted octanol–water partition coefficient (Wildman–Crippen LogP) is 0.243. The Balaban J connectivity index is 2.54. The molecule has 6 heteroatoms. The van der Waals surface area contributed by atoms with Gasteiger partial charge in [0, 0.05) is 27.4 Å². The Morgan fingerprint density at radius 1 is 1.19 bits per heavy atom. The van der Waals surface area contributed by atoms with Gasteiger partial charge >= 0.3 is 11.9 Å². The summed E-state index contributed by atoms with van der Waals surface area (Å²) in [4.78, 5) is 21.6. The van der Waals surface area contributed by atoms with E-state index in [0.29, 0.717) is 6.42 Å². The molecule has 1 aliphatic heterocycles. The van der Waals surface area contributed by atoms with Gasteiger partial charge in [-0.05, 0) is 0 Å². The molecule has 16 heavy (non-hydrogen) atoms. The van der Waals surface area contributed by atoms with Crippen molar-refractivity contribution in [3.8, 4) is 0 Å². The van der Waals surface area contributed by atoms with Crippen molar-refractivity contribution in [2.24, 2.45) is 0 Å². The third-order valence-electron chi connectivity index (χ3n) is 2.13. The number of hydrogen-bond acceptors (Lipinski definition) is 6. The van der Waals surface area contributed by atoms with E-state index in [1.54, 1.807) is 0 Å². The van der Waals surface area contributed by atoms with Crippen LogP contribution in [0.4, 0.5) is 0 Å². The van der Waals surface area contributed by atoms with E-state index in [2.05, 4.69) is 0 Å². The van der Waals surface area contributed by atoms with E-state index in [-0.39, 0.29) is 12.6 Å². The molecule has 0 saturated carbocycles. The van der Waals surface area contributed by atoms with Crippen LogP contribution in [0.1, 0.15) is 20.3 Å². The minimum absolute atomic E-state index is 0.246. The zero-order valence-corrected chi connectivity index (χ0v) is 9.60. The zero-order chi connectivity index (χ0) is 12.1. The van der Waals surface area contributed by atoms with Gasteiger partial charge in [0.05, 0.1) is 6.61 Å². The summed E-state index contributed by atoms with van der Waals surface area (Å²) in [6.07, 6.45) is -1.15. The van der Waals surface area contributed by atoms with Crippen molar-refractivity contribution < 1.29 is 28.5 Å². The summed E-state index contributed by atoms with van der Waals surface area (Å²) < 4.78 is 20.3. The second-order valence-electron chi connectivity index (χ2n) is 3.55. The minimum Gasteiger partial charge on any atom is -0.460 e. The maximum atomic E-state index is 10.9. The molecule has 1 fully saturated rings. The molecular formula is C10H16O6. The van der Waals surface area contributed by atoms with E-state index in [4.69, 9.17) is 18.9 Å². The van der Waals surface area contributed by atoms with Crippen molar-refractivity contribution in [3.63, 3.8) is 0 Å². The van der Waals surface area contributed by atoms with Crippen LogP contribution >= 0.6 is 0 Å². The number of ether oxygens (including phenoxy) is 4. The van der Waals surface area contributed by atoms with Crippen LogP contribution in [0.25, 0.3) is 0 Å². The summed E-state index contributed by atoms with van der Waals surface area (Å²) in [7, 11) is 1.47. The molecule has 0 spiro atoms. The Morgan fingerprint density at radius 3 is 2.31 bits per heavy atom. The average molecular weight is 232 g/mol. The molecule has 0 radical (unpaired) electrons. The van der Waals surface area contributed by atoms with E-state index < -0.39 is 24.5 Å².